The minimum atomic E-state index is -0.720. The maximum Gasteiger partial charge on any atom is 0.150 e. The van der Waals surface area contributed by atoms with Gasteiger partial charge in [0.25, 0.3) is 0 Å². The molecule has 1 aromatic heterocycles. The van der Waals surface area contributed by atoms with Gasteiger partial charge < -0.3 is 9.84 Å². The van der Waals surface area contributed by atoms with E-state index in [1.54, 1.807) is 0 Å². The van der Waals surface area contributed by atoms with Crippen molar-refractivity contribution in [1.82, 2.24) is 15.4 Å². The fourth-order valence-electron chi connectivity index (χ4n) is 2.26. The Hall–Kier alpha value is -0.940. The molecule has 2 heterocycles. The van der Waals surface area contributed by atoms with Crippen molar-refractivity contribution in [3.8, 4) is 0 Å². The Morgan fingerprint density at radius 2 is 2.50 bits per heavy atom. The minimum Gasteiger partial charge on any atom is -0.360 e. The summed E-state index contributed by atoms with van der Waals surface area (Å²) in [6.07, 6.45) is -0.115. The normalized spacial score (nSPS) is 26.4. The molecule has 1 N–H and O–H groups in total. The highest BCUT2D eigenvalue weighted by atomic mass is 19.1. The molecule has 2 atom stereocenters. The number of likely N-dealkylation sites (N-methyl/N-ethyl adjacent to an activating group) is 1. The van der Waals surface area contributed by atoms with E-state index in [4.69, 9.17) is 4.52 Å². The minimum absolute atomic E-state index is 0.255. The van der Waals surface area contributed by atoms with Crippen LogP contribution < -0.4 is 5.32 Å². The number of hydrogen-bond acceptors (Lipinski definition) is 4. The Morgan fingerprint density at radius 1 is 1.69 bits per heavy atom. The largest absolute Gasteiger partial charge is 0.360 e. The smallest absolute Gasteiger partial charge is 0.150 e. The average Bonchev–Trinajstić information content (AvgIpc) is 2.76. The monoisotopic (exact) mass is 227 g/mol. The van der Waals surface area contributed by atoms with Crippen molar-refractivity contribution in [3.05, 3.63) is 17.5 Å². The first kappa shape index (κ1) is 11.5. The molecule has 0 aliphatic carbocycles. The van der Waals surface area contributed by atoms with Crippen LogP contribution >= 0.6 is 0 Å². The lowest BCUT2D eigenvalue weighted by molar-refractivity contribution is 0.206. The first-order valence-corrected chi connectivity index (χ1v) is 5.64. The van der Waals surface area contributed by atoms with E-state index in [-0.39, 0.29) is 6.04 Å². The summed E-state index contributed by atoms with van der Waals surface area (Å²) in [5.41, 5.74) is 0.871. The van der Waals surface area contributed by atoms with Gasteiger partial charge >= 0.3 is 0 Å². The van der Waals surface area contributed by atoms with Crippen molar-refractivity contribution in [1.29, 1.82) is 0 Å². The third kappa shape index (κ3) is 2.59. The van der Waals surface area contributed by atoms with Gasteiger partial charge in [0.15, 0.2) is 5.76 Å². The van der Waals surface area contributed by atoms with E-state index < -0.39 is 6.17 Å². The lowest BCUT2D eigenvalue weighted by Crippen LogP contribution is -2.36. The van der Waals surface area contributed by atoms with E-state index in [0.29, 0.717) is 19.5 Å². The molecule has 5 heteroatoms. The predicted octanol–water partition coefficient (Wildman–Crippen LogP) is 1.11. The zero-order valence-electron chi connectivity index (χ0n) is 9.74. The van der Waals surface area contributed by atoms with Crippen molar-refractivity contribution in [2.24, 2.45) is 0 Å². The van der Waals surface area contributed by atoms with Gasteiger partial charge in [-0.05, 0) is 20.4 Å². The van der Waals surface area contributed by atoms with Gasteiger partial charge in [-0.25, -0.2) is 4.39 Å². The summed E-state index contributed by atoms with van der Waals surface area (Å²) >= 11 is 0. The molecule has 0 spiro atoms. The number of halogens is 1. The highest BCUT2D eigenvalue weighted by Gasteiger charge is 2.32. The predicted molar refractivity (Wildman–Crippen MR) is 58.9 cm³/mol. The van der Waals surface area contributed by atoms with Crippen LogP contribution in [-0.2, 0) is 6.54 Å². The van der Waals surface area contributed by atoms with Crippen LogP contribution in [0.25, 0.3) is 0 Å². The number of aromatic nitrogens is 1. The van der Waals surface area contributed by atoms with E-state index in [0.717, 1.165) is 18.0 Å². The molecule has 1 aromatic rings. The van der Waals surface area contributed by atoms with E-state index >= 15 is 0 Å². The molecule has 1 fully saturated rings. The zero-order valence-corrected chi connectivity index (χ0v) is 9.74. The Morgan fingerprint density at radius 3 is 3.12 bits per heavy atom. The molecule has 0 unspecified atom stereocenters. The summed E-state index contributed by atoms with van der Waals surface area (Å²) in [7, 11) is 1.89. The fourth-order valence-corrected chi connectivity index (χ4v) is 2.26. The highest BCUT2D eigenvalue weighted by molar-refractivity contribution is 5.04. The Bertz CT molecular complexity index is 342. The van der Waals surface area contributed by atoms with Gasteiger partial charge in [0.1, 0.15) is 6.17 Å². The molecule has 90 valence electrons. The SMILES string of the molecule is CNC[C@@H]1C[C@@H](F)CN1Cc1cc(C)no1. The second kappa shape index (κ2) is 4.93. The van der Waals surface area contributed by atoms with Crippen LogP contribution in [0.1, 0.15) is 17.9 Å². The first-order chi connectivity index (χ1) is 7.69. The number of hydrogen-bond donors (Lipinski definition) is 1. The maximum absolute atomic E-state index is 13.3. The molecule has 0 aromatic carbocycles. The van der Waals surface area contributed by atoms with Crippen molar-refractivity contribution in [2.75, 3.05) is 20.1 Å². The van der Waals surface area contributed by atoms with Crippen LogP contribution in [0, 0.1) is 6.92 Å². The molecular formula is C11H18FN3O. The van der Waals surface area contributed by atoms with Gasteiger partial charge in [0.2, 0.25) is 0 Å². The van der Waals surface area contributed by atoms with E-state index in [9.17, 15) is 4.39 Å². The summed E-state index contributed by atoms with van der Waals surface area (Å²) in [6.45, 7) is 3.84. The average molecular weight is 227 g/mol. The molecule has 4 nitrogen and oxygen atoms in total. The molecule has 2 rings (SSSR count). The van der Waals surface area contributed by atoms with Gasteiger partial charge in [-0.1, -0.05) is 5.16 Å². The highest BCUT2D eigenvalue weighted by Crippen LogP contribution is 2.22. The quantitative estimate of drug-likeness (QED) is 0.836. The second-order valence-electron chi connectivity index (χ2n) is 4.41. The van der Waals surface area contributed by atoms with Crippen LogP contribution in [0.4, 0.5) is 4.39 Å². The van der Waals surface area contributed by atoms with E-state index in [2.05, 4.69) is 15.4 Å². The number of aryl methyl sites for hydroxylation is 1. The van der Waals surface area contributed by atoms with Crippen LogP contribution in [0.15, 0.2) is 10.6 Å². The summed E-state index contributed by atoms with van der Waals surface area (Å²) < 4.78 is 18.5. The first-order valence-electron chi connectivity index (χ1n) is 5.64. The van der Waals surface area contributed by atoms with Crippen LogP contribution in [0.3, 0.4) is 0 Å². The third-order valence-electron chi connectivity index (χ3n) is 2.95. The summed E-state index contributed by atoms with van der Waals surface area (Å²) in [5, 5.41) is 6.93. The Balaban J connectivity index is 1.97. The van der Waals surface area contributed by atoms with Crippen LogP contribution in [0.5, 0.6) is 0 Å². The lowest BCUT2D eigenvalue weighted by Gasteiger charge is -2.22. The Labute approximate surface area is 94.8 Å². The van der Waals surface area contributed by atoms with Gasteiger partial charge in [0.05, 0.1) is 12.2 Å². The number of likely N-dealkylation sites (tertiary alicyclic amines) is 1. The Kier molecular flexibility index (Phi) is 3.56. The standard InChI is InChI=1S/C11H18FN3O/c1-8-3-11(16-14-8)7-15-6-9(12)4-10(15)5-13-2/h3,9-10,13H,4-7H2,1-2H3/t9-,10+/m1/s1. The van der Waals surface area contributed by atoms with Gasteiger partial charge in [-0.15, -0.1) is 0 Å². The summed E-state index contributed by atoms with van der Waals surface area (Å²) in [4.78, 5) is 2.11. The maximum atomic E-state index is 13.3. The molecule has 0 amide bonds. The molecular weight excluding hydrogens is 209 g/mol. The van der Waals surface area contributed by atoms with Crippen molar-refractivity contribution in [3.63, 3.8) is 0 Å². The molecule has 1 saturated heterocycles. The molecule has 0 radical (unpaired) electrons. The van der Waals surface area contributed by atoms with Gasteiger partial charge in [-0.3, -0.25) is 4.90 Å². The molecule has 1 aliphatic rings. The topological polar surface area (TPSA) is 41.3 Å². The lowest BCUT2D eigenvalue weighted by atomic mass is 10.2. The number of nitrogens with zero attached hydrogens (tertiary/aromatic N) is 2. The third-order valence-corrected chi connectivity index (χ3v) is 2.95. The number of nitrogens with one attached hydrogen (secondary N) is 1. The number of alkyl halides is 1. The fraction of sp³-hybridized carbons (Fsp3) is 0.727. The summed E-state index contributed by atoms with van der Waals surface area (Å²) in [6, 6.07) is 2.16. The number of rotatable bonds is 4. The molecule has 1 aliphatic heterocycles. The zero-order chi connectivity index (χ0) is 11.5. The molecule has 0 bridgehead atoms. The van der Waals surface area contributed by atoms with Gasteiger partial charge in [-0.2, -0.15) is 0 Å². The van der Waals surface area contributed by atoms with Crippen LogP contribution in [0.2, 0.25) is 0 Å². The van der Waals surface area contributed by atoms with E-state index in [1.807, 2.05) is 20.0 Å². The van der Waals surface area contributed by atoms with Crippen molar-refractivity contribution < 1.29 is 8.91 Å². The summed E-state index contributed by atoms with van der Waals surface area (Å²) in [5.74, 6) is 0.813. The van der Waals surface area contributed by atoms with Gasteiger partial charge in [0, 0.05) is 25.2 Å². The van der Waals surface area contributed by atoms with E-state index in [1.165, 1.54) is 0 Å². The van der Waals surface area contributed by atoms with Crippen molar-refractivity contribution >= 4 is 0 Å². The second-order valence-corrected chi connectivity index (χ2v) is 4.41. The molecule has 16 heavy (non-hydrogen) atoms. The van der Waals surface area contributed by atoms with Crippen LogP contribution in [-0.4, -0.2) is 42.4 Å². The van der Waals surface area contributed by atoms with Crippen molar-refractivity contribution in [2.45, 2.75) is 32.1 Å². The molecule has 0 saturated carbocycles.